The van der Waals surface area contributed by atoms with E-state index in [0.29, 0.717) is 34.2 Å². The Morgan fingerprint density at radius 2 is 1.96 bits per heavy atom. The van der Waals surface area contributed by atoms with Crippen LogP contribution >= 0.6 is 11.6 Å². The van der Waals surface area contributed by atoms with Gasteiger partial charge in [0.15, 0.2) is 11.5 Å². The maximum Gasteiger partial charge on any atom is 0.254 e. The monoisotopic (exact) mass is 336 g/mol. The molecule has 1 amide bonds. The van der Waals surface area contributed by atoms with E-state index in [4.69, 9.17) is 21.1 Å². The number of ether oxygens (including phenoxy) is 2. The predicted octanol–water partition coefficient (Wildman–Crippen LogP) is 2.77. The zero-order chi connectivity index (χ0) is 16.0. The van der Waals surface area contributed by atoms with Crippen LogP contribution in [-0.2, 0) is 0 Å². The molecule has 124 valence electrons. The summed E-state index contributed by atoms with van der Waals surface area (Å²) in [5.74, 6) is 1.15. The van der Waals surface area contributed by atoms with Gasteiger partial charge in [-0.05, 0) is 51.4 Å². The highest BCUT2D eigenvalue weighted by Gasteiger charge is 2.39. The molecule has 0 unspecified atom stereocenters. The standard InChI is InChI=1S/C17H21ClN2O3/c1-19-6-2-4-13(19)14-5-3-7-20(14)17(21)11-8-12(18)16-15(9-11)22-10-23-16/h8-9,13-14H,2-7,10H2,1H3/t13-,14-/m0/s1. The van der Waals surface area contributed by atoms with E-state index in [1.807, 2.05) is 4.90 Å². The first-order valence-corrected chi connectivity index (χ1v) is 8.63. The van der Waals surface area contributed by atoms with Crippen molar-refractivity contribution in [1.82, 2.24) is 9.80 Å². The molecule has 2 saturated heterocycles. The first-order chi connectivity index (χ1) is 11.1. The smallest absolute Gasteiger partial charge is 0.254 e. The van der Waals surface area contributed by atoms with Crippen molar-refractivity contribution in [2.45, 2.75) is 37.8 Å². The van der Waals surface area contributed by atoms with Crippen LogP contribution in [0.1, 0.15) is 36.0 Å². The van der Waals surface area contributed by atoms with Crippen molar-refractivity contribution in [2.75, 3.05) is 26.9 Å². The molecule has 0 aliphatic carbocycles. The summed E-state index contributed by atoms with van der Waals surface area (Å²) < 4.78 is 10.7. The number of likely N-dealkylation sites (tertiary alicyclic amines) is 2. The van der Waals surface area contributed by atoms with Crippen LogP contribution in [0.25, 0.3) is 0 Å². The number of hydrogen-bond acceptors (Lipinski definition) is 4. The molecule has 3 aliphatic rings. The Kier molecular flexibility index (Phi) is 3.85. The highest BCUT2D eigenvalue weighted by atomic mass is 35.5. The fourth-order valence-electron chi connectivity index (χ4n) is 4.12. The van der Waals surface area contributed by atoms with E-state index in [2.05, 4.69) is 11.9 Å². The van der Waals surface area contributed by atoms with Gasteiger partial charge in [-0.1, -0.05) is 11.6 Å². The summed E-state index contributed by atoms with van der Waals surface area (Å²) >= 11 is 6.23. The van der Waals surface area contributed by atoms with Gasteiger partial charge in [-0.3, -0.25) is 4.79 Å². The molecule has 3 aliphatic heterocycles. The number of halogens is 1. The largest absolute Gasteiger partial charge is 0.454 e. The molecule has 0 spiro atoms. The van der Waals surface area contributed by atoms with Gasteiger partial charge in [-0.15, -0.1) is 0 Å². The first kappa shape index (κ1) is 15.1. The third-order valence-electron chi connectivity index (χ3n) is 5.26. The molecule has 23 heavy (non-hydrogen) atoms. The Labute approximate surface area is 141 Å². The van der Waals surface area contributed by atoms with E-state index < -0.39 is 0 Å². The average molecular weight is 337 g/mol. The predicted molar refractivity (Wildman–Crippen MR) is 87.3 cm³/mol. The lowest BCUT2D eigenvalue weighted by molar-refractivity contribution is 0.0664. The van der Waals surface area contributed by atoms with Crippen LogP contribution in [0.5, 0.6) is 11.5 Å². The zero-order valence-corrected chi connectivity index (χ0v) is 14.0. The second-order valence-corrected chi connectivity index (χ2v) is 7.00. The Morgan fingerprint density at radius 3 is 2.74 bits per heavy atom. The van der Waals surface area contributed by atoms with E-state index in [-0.39, 0.29) is 12.7 Å². The quantitative estimate of drug-likeness (QED) is 0.833. The molecular weight excluding hydrogens is 316 g/mol. The Balaban J connectivity index is 1.60. The summed E-state index contributed by atoms with van der Waals surface area (Å²) in [5.41, 5.74) is 0.590. The molecular formula is C17H21ClN2O3. The minimum absolute atomic E-state index is 0.0491. The summed E-state index contributed by atoms with van der Waals surface area (Å²) in [6, 6.07) is 4.24. The molecule has 1 aromatic carbocycles. The zero-order valence-electron chi connectivity index (χ0n) is 13.3. The average Bonchev–Trinajstić information content (AvgIpc) is 3.25. The number of likely N-dealkylation sites (N-methyl/N-ethyl adjacent to an activating group) is 1. The fourth-order valence-corrected chi connectivity index (χ4v) is 4.39. The number of hydrogen-bond donors (Lipinski definition) is 0. The van der Waals surface area contributed by atoms with Crippen LogP contribution in [0, 0.1) is 0 Å². The SMILES string of the molecule is CN1CCC[C@H]1[C@@H]1CCCN1C(=O)c1cc(Cl)c2c(c1)OCO2. The number of nitrogens with zero attached hydrogens (tertiary/aromatic N) is 2. The van der Waals surface area contributed by atoms with Crippen molar-refractivity contribution in [3.05, 3.63) is 22.7 Å². The van der Waals surface area contributed by atoms with Crippen molar-refractivity contribution in [2.24, 2.45) is 0 Å². The van der Waals surface area contributed by atoms with Crippen molar-refractivity contribution < 1.29 is 14.3 Å². The van der Waals surface area contributed by atoms with Crippen LogP contribution in [0.2, 0.25) is 5.02 Å². The summed E-state index contributed by atoms with van der Waals surface area (Å²) in [5, 5.41) is 0.442. The molecule has 0 aromatic heterocycles. The number of amides is 1. The van der Waals surface area contributed by atoms with Gasteiger partial charge in [0, 0.05) is 24.2 Å². The second kappa shape index (κ2) is 5.87. The molecule has 2 fully saturated rings. The fraction of sp³-hybridized carbons (Fsp3) is 0.588. The third kappa shape index (κ3) is 2.56. The van der Waals surface area contributed by atoms with Crippen LogP contribution in [0.15, 0.2) is 12.1 Å². The highest BCUT2D eigenvalue weighted by Crippen LogP contribution is 2.40. The van der Waals surface area contributed by atoms with Crippen LogP contribution in [0.3, 0.4) is 0 Å². The Morgan fingerprint density at radius 1 is 1.17 bits per heavy atom. The number of rotatable bonds is 2. The summed E-state index contributed by atoms with van der Waals surface area (Å²) in [4.78, 5) is 17.4. The van der Waals surface area contributed by atoms with Gasteiger partial charge in [-0.2, -0.15) is 0 Å². The Bertz CT molecular complexity index is 637. The van der Waals surface area contributed by atoms with E-state index in [1.54, 1.807) is 12.1 Å². The number of fused-ring (bicyclic) bond motifs is 1. The van der Waals surface area contributed by atoms with E-state index in [1.165, 1.54) is 12.8 Å². The molecule has 5 nitrogen and oxygen atoms in total. The van der Waals surface area contributed by atoms with Gasteiger partial charge >= 0.3 is 0 Å². The summed E-state index contributed by atoms with van der Waals surface area (Å²) in [6.07, 6.45) is 4.54. The maximum absolute atomic E-state index is 13.0. The number of carbonyl (C=O) groups is 1. The topological polar surface area (TPSA) is 42.0 Å². The molecule has 6 heteroatoms. The number of benzene rings is 1. The lowest BCUT2D eigenvalue weighted by Gasteiger charge is -2.33. The van der Waals surface area contributed by atoms with Crippen LogP contribution in [-0.4, -0.2) is 54.7 Å². The molecule has 0 saturated carbocycles. The molecule has 2 atom stereocenters. The molecule has 0 N–H and O–H groups in total. The summed E-state index contributed by atoms with van der Waals surface area (Å²) in [7, 11) is 2.16. The van der Waals surface area contributed by atoms with Gasteiger partial charge in [0.25, 0.3) is 5.91 Å². The van der Waals surface area contributed by atoms with Crippen molar-refractivity contribution >= 4 is 17.5 Å². The number of carbonyl (C=O) groups excluding carboxylic acids is 1. The van der Waals surface area contributed by atoms with Gasteiger partial charge in [-0.25, -0.2) is 0 Å². The normalized spacial score (nSPS) is 27.0. The van der Waals surface area contributed by atoms with Gasteiger partial charge < -0.3 is 19.3 Å². The minimum Gasteiger partial charge on any atom is -0.454 e. The highest BCUT2D eigenvalue weighted by molar-refractivity contribution is 6.32. The lowest BCUT2D eigenvalue weighted by Crippen LogP contribution is -2.47. The molecule has 0 radical (unpaired) electrons. The van der Waals surface area contributed by atoms with Crippen molar-refractivity contribution in [1.29, 1.82) is 0 Å². The van der Waals surface area contributed by atoms with Gasteiger partial charge in [0.2, 0.25) is 6.79 Å². The molecule has 4 rings (SSSR count). The maximum atomic E-state index is 13.0. The lowest BCUT2D eigenvalue weighted by atomic mass is 10.0. The van der Waals surface area contributed by atoms with E-state index >= 15 is 0 Å². The van der Waals surface area contributed by atoms with Crippen LogP contribution in [0.4, 0.5) is 0 Å². The minimum atomic E-state index is 0.0491. The second-order valence-electron chi connectivity index (χ2n) is 6.59. The molecule has 3 heterocycles. The molecule has 0 bridgehead atoms. The van der Waals surface area contributed by atoms with Crippen LogP contribution < -0.4 is 9.47 Å². The third-order valence-corrected chi connectivity index (χ3v) is 5.54. The van der Waals surface area contributed by atoms with Gasteiger partial charge in [0.1, 0.15) is 0 Å². The van der Waals surface area contributed by atoms with Crippen molar-refractivity contribution in [3.63, 3.8) is 0 Å². The van der Waals surface area contributed by atoms with E-state index in [9.17, 15) is 4.79 Å². The van der Waals surface area contributed by atoms with Crippen molar-refractivity contribution in [3.8, 4) is 11.5 Å². The van der Waals surface area contributed by atoms with E-state index in [0.717, 1.165) is 25.9 Å². The first-order valence-electron chi connectivity index (χ1n) is 8.25. The van der Waals surface area contributed by atoms with Gasteiger partial charge in [0.05, 0.1) is 5.02 Å². The Hall–Kier alpha value is -1.46. The summed E-state index contributed by atoms with van der Waals surface area (Å²) in [6.45, 7) is 2.10. The molecule has 1 aromatic rings.